The molecule has 0 bridgehead atoms. The summed E-state index contributed by atoms with van der Waals surface area (Å²) in [5, 5.41) is 6.69. The smallest absolute Gasteiger partial charge is 0.417 e. The van der Waals surface area contributed by atoms with Gasteiger partial charge in [0.1, 0.15) is 11.3 Å². The molecule has 2 aliphatic rings. The number of Topliss-reactive ketones (excluding diaryl/α,β-unsaturated/α-hetero) is 1. The molecule has 1 N–H and O–H groups in total. The van der Waals surface area contributed by atoms with Gasteiger partial charge in [0, 0.05) is 71.0 Å². The van der Waals surface area contributed by atoms with Gasteiger partial charge < -0.3 is 19.3 Å². The monoisotopic (exact) mass is 656 g/mol. The Hall–Kier alpha value is -4.75. The van der Waals surface area contributed by atoms with Crippen LogP contribution in [0.5, 0.6) is 0 Å². The third-order valence-corrected chi connectivity index (χ3v) is 7.73. The van der Waals surface area contributed by atoms with E-state index in [1.54, 1.807) is 24.9 Å². The molecule has 5 heterocycles. The Morgan fingerprint density at radius 3 is 2.49 bits per heavy atom. The van der Waals surface area contributed by atoms with Crippen LogP contribution in [0.15, 0.2) is 24.5 Å². The molecule has 0 saturated carbocycles. The molecule has 0 radical (unpaired) electrons. The average Bonchev–Trinajstić information content (AvgIpc) is 3.46. The summed E-state index contributed by atoms with van der Waals surface area (Å²) >= 11 is 0. The number of morpholine rings is 1. The SMILES string of the molecule is CC#CC(=O)CCC(=O)N1CCN(Cc2cc3c(N4CCOCC4)nc(-c4cnc(NC(=O)OCC)cc4C(F)(F)F)nn3c2)CC1. The van der Waals surface area contributed by atoms with E-state index in [9.17, 15) is 27.6 Å². The van der Waals surface area contributed by atoms with Gasteiger partial charge in [0.2, 0.25) is 11.7 Å². The zero-order valence-corrected chi connectivity index (χ0v) is 26.1. The Morgan fingerprint density at radius 1 is 1.06 bits per heavy atom. The van der Waals surface area contributed by atoms with Gasteiger partial charge in [-0.25, -0.2) is 19.3 Å². The van der Waals surface area contributed by atoms with Gasteiger partial charge in [-0.15, -0.1) is 5.10 Å². The minimum absolute atomic E-state index is 0.0433. The molecule has 250 valence electrons. The number of rotatable bonds is 9. The normalized spacial score (nSPS) is 15.7. The summed E-state index contributed by atoms with van der Waals surface area (Å²) in [5.41, 5.74) is 0.0934. The number of nitrogens with one attached hydrogen (secondary N) is 1. The molecule has 13 nitrogen and oxygen atoms in total. The van der Waals surface area contributed by atoms with E-state index in [4.69, 9.17) is 9.47 Å². The molecular formula is C31H35F3N8O5. The summed E-state index contributed by atoms with van der Waals surface area (Å²) in [7, 11) is 0. The highest BCUT2D eigenvalue weighted by molar-refractivity contribution is 5.97. The maximum Gasteiger partial charge on any atom is 0.417 e. The molecule has 2 aliphatic heterocycles. The highest BCUT2D eigenvalue weighted by atomic mass is 19.4. The topological polar surface area (TPSA) is 134 Å². The molecule has 2 fully saturated rings. The quantitative estimate of drug-likeness (QED) is 0.270. The number of hydrogen-bond donors (Lipinski definition) is 1. The second kappa shape index (κ2) is 14.8. The molecule has 2 saturated heterocycles. The van der Waals surface area contributed by atoms with Gasteiger partial charge in [0.05, 0.1) is 30.9 Å². The van der Waals surface area contributed by atoms with Gasteiger partial charge in [-0.05, 0) is 37.5 Å². The Morgan fingerprint density at radius 2 is 1.81 bits per heavy atom. The van der Waals surface area contributed by atoms with Crippen LogP contribution in [0.3, 0.4) is 0 Å². The minimum atomic E-state index is -4.80. The van der Waals surface area contributed by atoms with Gasteiger partial charge in [-0.1, -0.05) is 5.92 Å². The second-order valence-corrected chi connectivity index (χ2v) is 11.0. The average molecular weight is 657 g/mol. The molecular weight excluding hydrogens is 621 g/mol. The number of carbonyl (C=O) groups excluding carboxylic acids is 3. The summed E-state index contributed by atoms with van der Waals surface area (Å²) in [6.07, 6.45) is -2.74. The molecule has 47 heavy (non-hydrogen) atoms. The molecule has 16 heteroatoms. The zero-order valence-electron chi connectivity index (χ0n) is 26.1. The zero-order chi connectivity index (χ0) is 33.6. The largest absolute Gasteiger partial charge is 0.450 e. The highest BCUT2D eigenvalue weighted by Crippen LogP contribution is 2.38. The number of alkyl halides is 3. The summed E-state index contributed by atoms with van der Waals surface area (Å²) in [4.78, 5) is 50.6. The summed E-state index contributed by atoms with van der Waals surface area (Å²) in [6, 6.07) is 2.65. The number of halogens is 3. The van der Waals surface area contributed by atoms with Crippen LogP contribution >= 0.6 is 0 Å². The maximum atomic E-state index is 14.3. The molecule has 0 aromatic carbocycles. The number of amides is 2. The van der Waals surface area contributed by atoms with Gasteiger partial charge in [-0.3, -0.25) is 19.8 Å². The number of hydrogen-bond acceptors (Lipinski definition) is 10. The Bertz CT molecular complexity index is 1690. The van der Waals surface area contributed by atoms with Crippen molar-refractivity contribution in [2.24, 2.45) is 0 Å². The molecule has 0 unspecified atom stereocenters. The lowest BCUT2D eigenvalue weighted by Crippen LogP contribution is -2.48. The van der Waals surface area contributed by atoms with Crippen molar-refractivity contribution in [3.05, 3.63) is 35.7 Å². The van der Waals surface area contributed by atoms with Crippen molar-refractivity contribution in [3.63, 3.8) is 0 Å². The van der Waals surface area contributed by atoms with Crippen LogP contribution in [0.1, 0.15) is 37.8 Å². The van der Waals surface area contributed by atoms with E-state index in [0.717, 1.165) is 17.8 Å². The highest BCUT2D eigenvalue weighted by Gasteiger charge is 2.36. The number of fused-ring (bicyclic) bond motifs is 1. The van der Waals surface area contributed by atoms with E-state index in [0.29, 0.717) is 70.4 Å². The van der Waals surface area contributed by atoms with E-state index in [1.165, 1.54) is 4.52 Å². The Kier molecular flexibility index (Phi) is 10.6. The van der Waals surface area contributed by atoms with Crippen molar-refractivity contribution in [2.45, 2.75) is 39.4 Å². The standard InChI is InChI=1S/C31H35F3N8O5/c1-3-5-22(43)6-7-27(44)40-10-8-39(9-11-40)19-21-16-25-29(41-12-14-46-15-13-41)37-28(38-42(25)20-21)23-18-35-26(36-30(45)47-4-2)17-24(23)31(32,33)34/h16-18,20H,4,6-15,19H2,1-2H3,(H,35,36,45). The summed E-state index contributed by atoms with van der Waals surface area (Å²) in [5.74, 6) is 4.62. The van der Waals surface area contributed by atoms with Crippen molar-refractivity contribution in [2.75, 3.05) is 69.3 Å². The van der Waals surface area contributed by atoms with Crippen LogP contribution in [0, 0.1) is 11.8 Å². The lowest BCUT2D eigenvalue weighted by Gasteiger charge is -2.34. The molecule has 5 rings (SSSR count). The first-order valence-electron chi connectivity index (χ1n) is 15.2. The van der Waals surface area contributed by atoms with E-state index >= 15 is 0 Å². The maximum absolute atomic E-state index is 14.3. The van der Waals surface area contributed by atoms with Crippen molar-refractivity contribution >= 4 is 34.9 Å². The predicted molar refractivity (Wildman–Crippen MR) is 164 cm³/mol. The fourth-order valence-electron chi connectivity index (χ4n) is 5.45. The van der Waals surface area contributed by atoms with Crippen molar-refractivity contribution in [1.29, 1.82) is 0 Å². The Labute approximate surface area is 269 Å². The summed E-state index contributed by atoms with van der Waals surface area (Å²) in [6.45, 7) is 7.82. The number of piperazine rings is 1. The second-order valence-electron chi connectivity index (χ2n) is 11.0. The third-order valence-electron chi connectivity index (χ3n) is 7.73. The Balaban J connectivity index is 1.39. The van der Waals surface area contributed by atoms with Gasteiger partial charge in [0.15, 0.2) is 11.6 Å². The fourth-order valence-corrected chi connectivity index (χ4v) is 5.45. The van der Waals surface area contributed by atoms with Crippen LogP contribution in [-0.2, 0) is 31.8 Å². The first-order valence-corrected chi connectivity index (χ1v) is 15.2. The van der Waals surface area contributed by atoms with Crippen molar-refractivity contribution < 1.29 is 37.0 Å². The fraction of sp³-hybridized carbons (Fsp3) is 0.484. The molecule has 3 aromatic rings. The van der Waals surface area contributed by atoms with E-state index in [-0.39, 0.29) is 48.3 Å². The number of aromatic nitrogens is 4. The van der Waals surface area contributed by atoms with E-state index in [1.807, 2.05) is 11.0 Å². The van der Waals surface area contributed by atoms with Crippen LogP contribution in [0.4, 0.5) is 29.6 Å². The number of pyridine rings is 1. The number of ketones is 1. The van der Waals surface area contributed by atoms with Gasteiger partial charge >= 0.3 is 12.3 Å². The first kappa shape index (κ1) is 33.6. The number of nitrogens with zero attached hydrogens (tertiary/aromatic N) is 7. The van der Waals surface area contributed by atoms with Crippen LogP contribution in [0.2, 0.25) is 0 Å². The van der Waals surface area contributed by atoms with Crippen LogP contribution in [0.25, 0.3) is 16.9 Å². The lowest BCUT2D eigenvalue weighted by atomic mass is 10.1. The third kappa shape index (κ3) is 8.35. The van der Waals surface area contributed by atoms with Gasteiger partial charge in [-0.2, -0.15) is 13.2 Å². The van der Waals surface area contributed by atoms with E-state index < -0.39 is 17.8 Å². The van der Waals surface area contributed by atoms with Gasteiger partial charge in [0.25, 0.3) is 0 Å². The van der Waals surface area contributed by atoms with Crippen LogP contribution < -0.4 is 10.2 Å². The van der Waals surface area contributed by atoms with Crippen molar-refractivity contribution in [3.8, 4) is 23.2 Å². The predicted octanol–water partition coefficient (Wildman–Crippen LogP) is 3.23. The minimum Gasteiger partial charge on any atom is -0.450 e. The molecule has 3 aromatic heterocycles. The molecule has 2 amide bonds. The number of ether oxygens (including phenoxy) is 2. The number of carbonyl (C=O) groups is 3. The van der Waals surface area contributed by atoms with Crippen molar-refractivity contribution in [1.82, 2.24) is 29.4 Å². The first-order chi connectivity index (χ1) is 22.5. The molecule has 0 aliphatic carbocycles. The molecule has 0 atom stereocenters. The number of anilines is 2. The molecule has 0 spiro atoms. The lowest BCUT2D eigenvalue weighted by molar-refractivity contribution is -0.137. The summed E-state index contributed by atoms with van der Waals surface area (Å²) < 4.78 is 54.7. The van der Waals surface area contributed by atoms with E-state index in [2.05, 4.69) is 37.1 Å². The van der Waals surface area contributed by atoms with Crippen LogP contribution in [-0.4, -0.2) is 106 Å².